The van der Waals surface area contributed by atoms with Gasteiger partial charge in [0.2, 0.25) is 0 Å². The molecule has 0 N–H and O–H groups in total. The Morgan fingerprint density at radius 3 is 2.67 bits per heavy atom. The topological polar surface area (TPSA) is 22.1 Å². The quantitative estimate of drug-likeness (QED) is 0.779. The molecule has 1 aliphatic rings. The lowest BCUT2D eigenvalue weighted by Gasteiger charge is -2.15. The lowest BCUT2D eigenvalue weighted by Crippen LogP contribution is -2.03. The maximum absolute atomic E-state index is 5.38. The lowest BCUT2D eigenvalue weighted by molar-refractivity contribution is 0.161. The number of aryl methyl sites for hydroxylation is 2. The van der Waals surface area contributed by atoms with Crippen molar-refractivity contribution in [3.63, 3.8) is 0 Å². The van der Waals surface area contributed by atoms with Crippen molar-refractivity contribution in [2.45, 2.75) is 40.5 Å². The number of benzene rings is 1. The monoisotopic (exact) mass is 283 g/mol. The van der Waals surface area contributed by atoms with Gasteiger partial charge in [-0.1, -0.05) is 32.9 Å². The molecule has 0 saturated heterocycles. The molecule has 3 rings (SSSR count). The first kappa shape index (κ1) is 15.7. The third-order valence-corrected chi connectivity index (χ3v) is 3.74. The summed E-state index contributed by atoms with van der Waals surface area (Å²) in [5, 5.41) is 1.29. The predicted molar refractivity (Wildman–Crippen MR) is 90.6 cm³/mol. The van der Waals surface area contributed by atoms with Crippen LogP contribution in [0.3, 0.4) is 0 Å². The molecule has 2 heterocycles. The molecular weight excluding hydrogens is 258 g/mol. The van der Waals surface area contributed by atoms with Crippen molar-refractivity contribution < 1.29 is 4.74 Å². The molecule has 2 aromatic rings. The molecule has 0 atom stereocenters. The number of ether oxygens (including phenoxy) is 1. The van der Waals surface area contributed by atoms with Gasteiger partial charge in [-0.2, -0.15) is 0 Å². The number of nitrogens with zero attached hydrogens (tertiary/aromatic N) is 1. The fourth-order valence-electron chi connectivity index (χ4n) is 2.72. The summed E-state index contributed by atoms with van der Waals surface area (Å²) in [6.07, 6.45) is 4.25. The Morgan fingerprint density at radius 2 is 2.00 bits per heavy atom. The lowest BCUT2D eigenvalue weighted by atomic mass is 9.97. The summed E-state index contributed by atoms with van der Waals surface area (Å²) in [6, 6.07) is 8.82. The highest BCUT2D eigenvalue weighted by atomic mass is 16.5. The molecule has 0 fully saturated rings. The molecule has 0 unspecified atom stereocenters. The summed E-state index contributed by atoms with van der Waals surface area (Å²) in [6.45, 7) is 9.83. The number of hydrogen-bond acceptors (Lipinski definition) is 2. The van der Waals surface area contributed by atoms with Crippen molar-refractivity contribution in [1.82, 2.24) is 4.98 Å². The van der Waals surface area contributed by atoms with E-state index in [9.17, 15) is 0 Å². The van der Waals surface area contributed by atoms with Crippen molar-refractivity contribution in [3.8, 4) is 0 Å². The van der Waals surface area contributed by atoms with Gasteiger partial charge in [-0.3, -0.25) is 4.98 Å². The number of pyridine rings is 1. The average molecular weight is 283 g/mol. The van der Waals surface area contributed by atoms with Crippen LogP contribution < -0.4 is 0 Å². The second-order valence-electron chi connectivity index (χ2n) is 5.06. The van der Waals surface area contributed by atoms with Gasteiger partial charge in [0, 0.05) is 11.1 Å². The van der Waals surface area contributed by atoms with E-state index in [1.807, 2.05) is 13.8 Å². The fraction of sp³-hybridized carbons (Fsp3) is 0.421. The minimum absolute atomic E-state index is 0.736. The van der Waals surface area contributed by atoms with Crippen molar-refractivity contribution >= 4 is 16.5 Å². The molecule has 112 valence electrons. The summed E-state index contributed by atoms with van der Waals surface area (Å²) in [5.41, 5.74) is 6.31. The summed E-state index contributed by atoms with van der Waals surface area (Å²) in [4.78, 5) is 4.63. The standard InChI is InChI=1S/C17H19NO.C2H6/c1-3-13-10-12(2)18-17-5-4-15(11-16(13)17)14-6-8-19-9-7-14;1-2/h4-6,10-11H,3,7-9H2,1-2H3;1-2H3. The van der Waals surface area contributed by atoms with Gasteiger partial charge in [-0.15, -0.1) is 0 Å². The molecule has 2 nitrogen and oxygen atoms in total. The van der Waals surface area contributed by atoms with Gasteiger partial charge in [-0.25, -0.2) is 0 Å². The summed E-state index contributed by atoms with van der Waals surface area (Å²) in [7, 11) is 0. The summed E-state index contributed by atoms with van der Waals surface area (Å²) < 4.78 is 5.38. The van der Waals surface area contributed by atoms with Crippen LogP contribution in [-0.2, 0) is 11.2 Å². The highest BCUT2D eigenvalue weighted by Crippen LogP contribution is 2.27. The predicted octanol–water partition coefficient (Wildman–Crippen LogP) is 4.94. The van der Waals surface area contributed by atoms with Gasteiger partial charge in [0.1, 0.15) is 0 Å². The van der Waals surface area contributed by atoms with Crippen molar-refractivity contribution in [1.29, 1.82) is 0 Å². The van der Waals surface area contributed by atoms with Gasteiger partial charge < -0.3 is 4.74 Å². The van der Waals surface area contributed by atoms with Crippen LogP contribution in [0.5, 0.6) is 0 Å². The van der Waals surface area contributed by atoms with E-state index in [0.717, 1.165) is 37.3 Å². The third kappa shape index (κ3) is 3.51. The Kier molecular flexibility index (Phi) is 5.51. The molecular formula is C19H25NO. The highest BCUT2D eigenvalue weighted by Gasteiger charge is 2.09. The van der Waals surface area contributed by atoms with E-state index in [1.54, 1.807) is 0 Å². The van der Waals surface area contributed by atoms with Crippen LogP contribution in [0.1, 0.15) is 44.0 Å². The van der Waals surface area contributed by atoms with E-state index in [0.29, 0.717) is 0 Å². The van der Waals surface area contributed by atoms with E-state index < -0.39 is 0 Å². The minimum Gasteiger partial charge on any atom is -0.377 e. The van der Waals surface area contributed by atoms with Crippen LogP contribution in [0.15, 0.2) is 30.3 Å². The van der Waals surface area contributed by atoms with Crippen molar-refractivity contribution in [2.24, 2.45) is 0 Å². The smallest absolute Gasteiger partial charge is 0.0708 e. The van der Waals surface area contributed by atoms with Gasteiger partial charge >= 0.3 is 0 Å². The summed E-state index contributed by atoms with van der Waals surface area (Å²) >= 11 is 0. The highest BCUT2D eigenvalue weighted by molar-refractivity contribution is 5.86. The molecule has 0 amide bonds. The number of hydrogen-bond donors (Lipinski definition) is 0. The van der Waals surface area contributed by atoms with E-state index in [2.05, 4.69) is 49.2 Å². The van der Waals surface area contributed by atoms with Crippen LogP contribution >= 0.6 is 0 Å². The zero-order chi connectivity index (χ0) is 15.2. The van der Waals surface area contributed by atoms with Crippen LogP contribution in [0.25, 0.3) is 16.5 Å². The molecule has 0 radical (unpaired) electrons. The fourth-order valence-corrected chi connectivity index (χ4v) is 2.72. The second kappa shape index (κ2) is 7.37. The van der Waals surface area contributed by atoms with Gasteiger partial charge in [-0.05, 0) is 54.7 Å². The molecule has 0 aliphatic carbocycles. The molecule has 2 heteroatoms. The Bertz CT molecular complexity index is 643. The van der Waals surface area contributed by atoms with Crippen LogP contribution in [-0.4, -0.2) is 18.2 Å². The zero-order valence-corrected chi connectivity index (χ0v) is 13.6. The third-order valence-electron chi connectivity index (χ3n) is 3.74. The Balaban J connectivity index is 0.000000774. The molecule has 1 aromatic carbocycles. The van der Waals surface area contributed by atoms with Crippen LogP contribution in [0.2, 0.25) is 0 Å². The first-order valence-corrected chi connectivity index (χ1v) is 7.95. The molecule has 1 aromatic heterocycles. The molecule has 1 aliphatic heterocycles. The number of aromatic nitrogens is 1. The molecule has 0 spiro atoms. The maximum atomic E-state index is 5.38. The van der Waals surface area contributed by atoms with E-state index in [-0.39, 0.29) is 0 Å². The van der Waals surface area contributed by atoms with Crippen LogP contribution in [0.4, 0.5) is 0 Å². The first-order chi connectivity index (χ1) is 10.3. The largest absolute Gasteiger partial charge is 0.377 e. The van der Waals surface area contributed by atoms with Crippen LogP contribution in [0, 0.1) is 6.92 Å². The number of rotatable bonds is 2. The Morgan fingerprint density at radius 1 is 1.19 bits per heavy atom. The van der Waals surface area contributed by atoms with Crippen molar-refractivity contribution in [3.05, 3.63) is 47.2 Å². The second-order valence-corrected chi connectivity index (χ2v) is 5.06. The van der Waals surface area contributed by atoms with Gasteiger partial charge in [0.25, 0.3) is 0 Å². The number of fused-ring (bicyclic) bond motifs is 1. The first-order valence-electron chi connectivity index (χ1n) is 7.95. The SMILES string of the molecule is CC.CCc1cc(C)nc2ccc(C3=CCOCC3)cc12. The maximum Gasteiger partial charge on any atom is 0.0708 e. The van der Waals surface area contributed by atoms with E-state index in [1.165, 1.54) is 22.1 Å². The van der Waals surface area contributed by atoms with Crippen molar-refractivity contribution in [2.75, 3.05) is 13.2 Å². The Hall–Kier alpha value is -1.67. The minimum atomic E-state index is 0.736. The van der Waals surface area contributed by atoms with Gasteiger partial charge in [0.05, 0.1) is 18.7 Å². The zero-order valence-electron chi connectivity index (χ0n) is 13.6. The normalized spacial score (nSPS) is 14.4. The molecule has 0 saturated carbocycles. The van der Waals surface area contributed by atoms with Gasteiger partial charge in [0.15, 0.2) is 0 Å². The van der Waals surface area contributed by atoms with E-state index in [4.69, 9.17) is 4.74 Å². The molecule has 21 heavy (non-hydrogen) atoms. The summed E-state index contributed by atoms with van der Waals surface area (Å²) in [5.74, 6) is 0. The molecule has 0 bridgehead atoms. The van der Waals surface area contributed by atoms with E-state index >= 15 is 0 Å². The Labute approximate surface area is 127 Å². The average Bonchev–Trinajstić information content (AvgIpc) is 2.56.